The SMILES string of the molecule is CCOc1cc(B(O)O)cc(F)c1OCc1ccccc1. The van der Waals surface area contributed by atoms with Crippen LogP contribution in [0.3, 0.4) is 0 Å². The van der Waals surface area contributed by atoms with Crippen molar-refractivity contribution in [3.8, 4) is 11.5 Å². The molecule has 2 aromatic rings. The quantitative estimate of drug-likeness (QED) is 0.791. The summed E-state index contributed by atoms with van der Waals surface area (Å²) in [6, 6.07) is 11.7. The number of halogens is 1. The number of rotatable bonds is 6. The lowest BCUT2D eigenvalue weighted by molar-refractivity contribution is 0.257. The minimum Gasteiger partial charge on any atom is -0.490 e. The van der Waals surface area contributed by atoms with Crippen LogP contribution in [-0.4, -0.2) is 23.8 Å². The van der Waals surface area contributed by atoms with E-state index in [1.165, 1.54) is 6.07 Å². The van der Waals surface area contributed by atoms with Crippen LogP contribution in [-0.2, 0) is 6.61 Å². The summed E-state index contributed by atoms with van der Waals surface area (Å²) in [4.78, 5) is 0. The summed E-state index contributed by atoms with van der Waals surface area (Å²) in [5, 5.41) is 18.3. The molecule has 0 aliphatic carbocycles. The van der Waals surface area contributed by atoms with Crippen LogP contribution in [0.4, 0.5) is 4.39 Å². The number of hydrogen-bond acceptors (Lipinski definition) is 4. The van der Waals surface area contributed by atoms with Crippen molar-refractivity contribution in [2.45, 2.75) is 13.5 Å². The first-order valence-corrected chi connectivity index (χ1v) is 6.61. The van der Waals surface area contributed by atoms with E-state index >= 15 is 0 Å². The molecule has 0 amide bonds. The van der Waals surface area contributed by atoms with E-state index in [1.54, 1.807) is 6.92 Å². The fraction of sp³-hybridized carbons (Fsp3) is 0.200. The molecular weight excluding hydrogens is 274 g/mol. The van der Waals surface area contributed by atoms with E-state index in [9.17, 15) is 4.39 Å². The van der Waals surface area contributed by atoms with Gasteiger partial charge in [0.1, 0.15) is 6.61 Å². The fourth-order valence-corrected chi connectivity index (χ4v) is 1.87. The van der Waals surface area contributed by atoms with Crippen molar-refractivity contribution in [3.05, 3.63) is 53.8 Å². The number of hydrogen-bond donors (Lipinski definition) is 2. The van der Waals surface area contributed by atoms with Crippen molar-refractivity contribution in [2.75, 3.05) is 6.61 Å². The van der Waals surface area contributed by atoms with Gasteiger partial charge in [-0.05, 0) is 30.1 Å². The minimum absolute atomic E-state index is 0.0167. The molecule has 2 rings (SSSR count). The Balaban J connectivity index is 2.24. The number of benzene rings is 2. The van der Waals surface area contributed by atoms with E-state index < -0.39 is 12.9 Å². The Labute approximate surface area is 122 Å². The molecule has 0 atom stereocenters. The molecule has 110 valence electrons. The molecule has 4 nitrogen and oxygen atoms in total. The lowest BCUT2D eigenvalue weighted by atomic mass is 9.80. The third-order valence-electron chi connectivity index (χ3n) is 2.86. The van der Waals surface area contributed by atoms with Gasteiger partial charge in [0, 0.05) is 0 Å². The maximum atomic E-state index is 14.1. The molecule has 2 N–H and O–H groups in total. The molecule has 6 heteroatoms. The normalized spacial score (nSPS) is 10.3. The smallest absolute Gasteiger partial charge is 0.488 e. The highest BCUT2D eigenvalue weighted by molar-refractivity contribution is 6.58. The first-order valence-electron chi connectivity index (χ1n) is 6.61. The maximum Gasteiger partial charge on any atom is 0.488 e. The van der Waals surface area contributed by atoms with Crippen LogP contribution < -0.4 is 14.9 Å². The monoisotopic (exact) mass is 290 g/mol. The molecule has 0 radical (unpaired) electrons. The topological polar surface area (TPSA) is 58.9 Å². The maximum absolute atomic E-state index is 14.1. The molecule has 0 saturated carbocycles. The van der Waals surface area contributed by atoms with Crippen LogP contribution in [0.2, 0.25) is 0 Å². The van der Waals surface area contributed by atoms with Crippen LogP contribution >= 0.6 is 0 Å². The molecule has 0 heterocycles. The molecule has 2 aromatic carbocycles. The molecule has 0 aliphatic heterocycles. The molecule has 0 aliphatic rings. The van der Waals surface area contributed by atoms with Gasteiger partial charge >= 0.3 is 7.12 Å². The van der Waals surface area contributed by atoms with Crippen molar-refractivity contribution in [1.29, 1.82) is 0 Å². The van der Waals surface area contributed by atoms with Gasteiger partial charge in [-0.1, -0.05) is 30.3 Å². The molecule has 0 saturated heterocycles. The Morgan fingerprint density at radius 2 is 1.81 bits per heavy atom. The van der Waals surface area contributed by atoms with Gasteiger partial charge in [0.25, 0.3) is 0 Å². The first-order chi connectivity index (χ1) is 10.1. The van der Waals surface area contributed by atoms with Crippen LogP contribution in [0.15, 0.2) is 42.5 Å². The second-order valence-corrected chi connectivity index (χ2v) is 4.41. The summed E-state index contributed by atoms with van der Waals surface area (Å²) in [5.41, 5.74) is 0.911. The average Bonchev–Trinajstić information content (AvgIpc) is 2.47. The van der Waals surface area contributed by atoms with Crippen molar-refractivity contribution >= 4 is 12.6 Å². The Morgan fingerprint density at radius 1 is 1.10 bits per heavy atom. The third-order valence-corrected chi connectivity index (χ3v) is 2.86. The summed E-state index contributed by atoms with van der Waals surface area (Å²) in [6.45, 7) is 2.26. The van der Waals surface area contributed by atoms with Crippen molar-refractivity contribution in [3.63, 3.8) is 0 Å². The third kappa shape index (κ3) is 3.96. The van der Waals surface area contributed by atoms with Crippen LogP contribution in [0, 0.1) is 5.82 Å². The number of ether oxygens (including phenoxy) is 2. The Kier molecular flexibility index (Phi) is 5.19. The van der Waals surface area contributed by atoms with Crippen LogP contribution in [0.5, 0.6) is 11.5 Å². The molecular formula is C15H16BFO4. The highest BCUT2D eigenvalue weighted by Gasteiger charge is 2.19. The van der Waals surface area contributed by atoms with Gasteiger partial charge in [-0.15, -0.1) is 0 Å². The lowest BCUT2D eigenvalue weighted by Crippen LogP contribution is -2.30. The Morgan fingerprint density at radius 3 is 2.43 bits per heavy atom. The van der Waals surface area contributed by atoms with E-state index in [2.05, 4.69) is 0 Å². The van der Waals surface area contributed by atoms with Gasteiger partial charge < -0.3 is 19.5 Å². The van der Waals surface area contributed by atoms with Gasteiger partial charge in [0.2, 0.25) is 0 Å². The predicted octanol–water partition coefficient (Wildman–Crippen LogP) is 1.48. The standard InChI is InChI=1S/C15H16BFO4/c1-2-20-14-9-12(16(18)19)8-13(17)15(14)21-10-11-6-4-3-5-7-11/h3-9,18-19H,2,10H2,1H3. The minimum atomic E-state index is -1.76. The average molecular weight is 290 g/mol. The van der Waals surface area contributed by atoms with Gasteiger partial charge in [-0.2, -0.15) is 0 Å². The largest absolute Gasteiger partial charge is 0.490 e. The van der Waals surface area contributed by atoms with E-state index in [4.69, 9.17) is 19.5 Å². The highest BCUT2D eigenvalue weighted by Crippen LogP contribution is 2.30. The van der Waals surface area contributed by atoms with Gasteiger partial charge in [0.05, 0.1) is 6.61 Å². The second kappa shape index (κ2) is 7.10. The van der Waals surface area contributed by atoms with E-state index in [1.807, 2.05) is 30.3 Å². The molecule has 21 heavy (non-hydrogen) atoms. The summed E-state index contributed by atoms with van der Waals surface area (Å²) >= 11 is 0. The zero-order chi connectivity index (χ0) is 15.2. The zero-order valence-electron chi connectivity index (χ0n) is 11.6. The van der Waals surface area contributed by atoms with Gasteiger partial charge in [-0.25, -0.2) is 4.39 Å². The predicted molar refractivity (Wildman–Crippen MR) is 78.2 cm³/mol. The van der Waals surface area contributed by atoms with E-state index in [0.29, 0.717) is 6.61 Å². The molecule has 0 spiro atoms. The molecule has 0 aromatic heterocycles. The van der Waals surface area contributed by atoms with Crippen LogP contribution in [0.25, 0.3) is 0 Å². The molecule has 0 fully saturated rings. The van der Waals surface area contributed by atoms with Crippen molar-refractivity contribution in [1.82, 2.24) is 0 Å². The summed E-state index contributed by atoms with van der Waals surface area (Å²) < 4.78 is 24.9. The Bertz CT molecular complexity index is 590. The summed E-state index contributed by atoms with van der Waals surface area (Å²) in [7, 11) is -1.76. The summed E-state index contributed by atoms with van der Waals surface area (Å²) in [6.07, 6.45) is 0. The van der Waals surface area contributed by atoms with Gasteiger partial charge in [-0.3, -0.25) is 0 Å². The molecule has 0 unspecified atom stereocenters. The van der Waals surface area contributed by atoms with E-state index in [0.717, 1.165) is 11.6 Å². The first kappa shape index (κ1) is 15.3. The second-order valence-electron chi connectivity index (χ2n) is 4.41. The summed E-state index contributed by atoms with van der Waals surface area (Å²) in [5.74, 6) is -0.582. The zero-order valence-corrected chi connectivity index (χ0v) is 11.6. The lowest BCUT2D eigenvalue weighted by Gasteiger charge is -2.14. The van der Waals surface area contributed by atoms with E-state index in [-0.39, 0.29) is 23.6 Å². The van der Waals surface area contributed by atoms with Crippen molar-refractivity contribution < 1.29 is 23.9 Å². The van der Waals surface area contributed by atoms with Crippen LogP contribution in [0.1, 0.15) is 12.5 Å². The van der Waals surface area contributed by atoms with Gasteiger partial charge in [0.15, 0.2) is 17.3 Å². The molecule has 0 bridgehead atoms. The fourth-order valence-electron chi connectivity index (χ4n) is 1.87. The Hall–Kier alpha value is -2.05. The highest BCUT2D eigenvalue weighted by atomic mass is 19.1. The van der Waals surface area contributed by atoms with Crippen molar-refractivity contribution in [2.24, 2.45) is 0 Å².